The van der Waals surface area contributed by atoms with E-state index in [-0.39, 0.29) is 6.61 Å². The predicted molar refractivity (Wildman–Crippen MR) is 69.0 cm³/mol. The van der Waals surface area contributed by atoms with Gasteiger partial charge in [0.2, 0.25) is 0 Å². The maximum atomic E-state index is 9.36. The summed E-state index contributed by atoms with van der Waals surface area (Å²) in [6.07, 6.45) is 2.38. The minimum atomic E-state index is 0.0659. The highest BCUT2D eigenvalue weighted by atomic mass is 32.2. The van der Waals surface area contributed by atoms with Gasteiger partial charge < -0.3 is 5.11 Å². The van der Waals surface area contributed by atoms with Gasteiger partial charge in [0.25, 0.3) is 0 Å². The molecule has 4 nitrogen and oxygen atoms in total. The Kier molecular flexibility index (Phi) is 3.15. The molecule has 0 amide bonds. The fourth-order valence-corrected chi connectivity index (χ4v) is 4.19. The van der Waals surface area contributed by atoms with Crippen LogP contribution in [0.5, 0.6) is 0 Å². The molecule has 2 aliphatic rings. The molecule has 17 heavy (non-hydrogen) atoms. The van der Waals surface area contributed by atoms with Crippen LogP contribution in [0, 0.1) is 0 Å². The Hall–Kier alpha value is -0.520. The molecule has 1 aromatic heterocycles. The largest absolute Gasteiger partial charge is 0.390 e. The molecule has 3 rings (SSSR count). The summed E-state index contributed by atoms with van der Waals surface area (Å²) in [5, 5.41) is 13.8. The maximum absolute atomic E-state index is 9.36. The van der Waals surface area contributed by atoms with Crippen LogP contribution in [0.25, 0.3) is 0 Å². The molecule has 1 saturated heterocycles. The Bertz CT molecular complexity index is 412. The Morgan fingerprint density at radius 3 is 3.12 bits per heavy atom. The van der Waals surface area contributed by atoms with Crippen LogP contribution in [0.15, 0.2) is 0 Å². The van der Waals surface area contributed by atoms with Gasteiger partial charge in [0.05, 0.1) is 12.3 Å². The molecule has 1 atom stereocenters. The van der Waals surface area contributed by atoms with Gasteiger partial charge in [0.1, 0.15) is 0 Å². The summed E-state index contributed by atoms with van der Waals surface area (Å²) in [6, 6.07) is 0.736. The number of hydrogen-bond acceptors (Lipinski definition) is 4. The van der Waals surface area contributed by atoms with Gasteiger partial charge in [-0.05, 0) is 12.2 Å². The number of aliphatic hydroxyl groups excluding tert-OH is 1. The monoisotopic (exact) mass is 253 g/mol. The van der Waals surface area contributed by atoms with Crippen LogP contribution in [-0.4, -0.2) is 43.9 Å². The number of nitrogens with zero attached hydrogens (tertiary/aromatic N) is 3. The molecule has 0 saturated carbocycles. The Morgan fingerprint density at radius 1 is 1.53 bits per heavy atom. The molecule has 3 heterocycles. The molecule has 0 bridgehead atoms. The lowest BCUT2D eigenvalue weighted by atomic mass is 10.0. The Balaban J connectivity index is 1.83. The van der Waals surface area contributed by atoms with Crippen molar-refractivity contribution in [3.63, 3.8) is 0 Å². The highest BCUT2D eigenvalue weighted by molar-refractivity contribution is 7.99. The summed E-state index contributed by atoms with van der Waals surface area (Å²) in [7, 11) is 1.99. The molecular weight excluding hydrogens is 234 g/mol. The van der Waals surface area contributed by atoms with Gasteiger partial charge in [-0.25, -0.2) is 0 Å². The first-order chi connectivity index (χ1) is 8.29. The van der Waals surface area contributed by atoms with E-state index in [1.165, 1.54) is 29.2 Å². The molecule has 1 fully saturated rings. The van der Waals surface area contributed by atoms with Gasteiger partial charge in [-0.1, -0.05) is 0 Å². The normalized spacial score (nSPS) is 25.2. The maximum Gasteiger partial charge on any atom is 0.0926 e. The summed E-state index contributed by atoms with van der Waals surface area (Å²) >= 11 is 2.06. The van der Waals surface area contributed by atoms with Crippen LogP contribution in [0.2, 0.25) is 0 Å². The van der Waals surface area contributed by atoms with Crippen LogP contribution in [0.4, 0.5) is 0 Å². The van der Waals surface area contributed by atoms with Crippen molar-refractivity contribution in [2.75, 3.05) is 18.1 Å². The molecule has 0 aromatic carbocycles. The third kappa shape index (κ3) is 2.00. The topological polar surface area (TPSA) is 41.3 Å². The average Bonchev–Trinajstić information content (AvgIpc) is 2.97. The fraction of sp³-hybridized carbons (Fsp3) is 0.750. The van der Waals surface area contributed by atoms with Crippen LogP contribution in [-0.2, 0) is 26.6 Å². The Morgan fingerprint density at radius 2 is 2.41 bits per heavy atom. The first kappa shape index (κ1) is 11.6. The van der Waals surface area contributed by atoms with Gasteiger partial charge in [-0.3, -0.25) is 9.58 Å². The molecule has 1 N–H and O–H groups in total. The van der Waals surface area contributed by atoms with Crippen LogP contribution >= 0.6 is 11.8 Å². The standard InChI is InChI=1S/C12H19N3OS/c1-14-12-2-4-15(9-3-5-17-8-9)6-10(12)11(7-16)13-14/h9,16H,2-8H2,1H3/t9-/m1/s1. The van der Waals surface area contributed by atoms with Crippen molar-refractivity contribution in [1.82, 2.24) is 14.7 Å². The summed E-state index contributed by atoms with van der Waals surface area (Å²) in [6.45, 7) is 2.18. The zero-order valence-corrected chi connectivity index (χ0v) is 11.0. The summed E-state index contributed by atoms with van der Waals surface area (Å²) in [5.41, 5.74) is 3.46. The number of hydrogen-bond donors (Lipinski definition) is 1. The second-order valence-electron chi connectivity index (χ2n) is 4.89. The van der Waals surface area contributed by atoms with Crippen LogP contribution in [0.3, 0.4) is 0 Å². The number of aromatic nitrogens is 2. The van der Waals surface area contributed by atoms with Crippen molar-refractivity contribution >= 4 is 11.8 Å². The highest BCUT2D eigenvalue weighted by Gasteiger charge is 2.29. The van der Waals surface area contributed by atoms with E-state index in [2.05, 4.69) is 21.8 Å². The number of aryl methyl sites for hydroxylation is 1. The van der Waals surface area contributed by atoms with E-state index in [4.69, 9.17) is 0 Å². The number of thioether (sulfide) groups is 1. The van der Waals surface area contributed by atoms with Gasteiger partial charge in [0, 0.05) is 49.6 Å². The first-order valence-corrected chi connectivity index (χ1v) is 7.41. The van der Waals surface area contributed by atoms with Crippen molar-refractivity contribution in [2.45, 2.75) is 32.0 Å². The van der Waals surface area contributed by atoms with E-state index in [1.807, 2.05) is 11.7 Å². The van der Waals surface area contributed by atoms with E-state index in [0.717, 1.165) is 31.2 Å². The average molecular weight is 253 g/mol. The molecule has 0 unspecified atom stereocenters. The first-order valence-electron chi connectivity index (χ1n) is 6.26. The molecule has 2 aliphatic heterocycles. The molecule has 1 aromatic rings. The van der Waals surface area contributed by atoms with E-state index in [1.54, 1.807) is 0 Å². The molecule has 5 heteroatoms. The lowest BCUT2D eigenvalue weighted by Crippen LogP contribution is -2.39. The molecule has 94 valence electrons. The molecule has 0 aliphatic carbocycles. The van der Waals surface area contributed by atoms with Gasteiger partial charge >= 0.3 is 0 Å². The zero-order valence-electron chi connectivity index (χ0n) is 10.2. The number of fused-ring (bicyclic) bond motifs is 1. The second-order valence-corrected chi connectivity index (χ2v) is 6.04. The quantitative estimate of drug-likeness (QED) is 0.845. The minimum Gasteiger partial charge on any atom is -0.390 e. The van der Waals surface area contributed by atoms with E-state index in [9.17, 15) is 5.11 Å². The molecule has 0 radical (unpaired) electrons. The van der Waals surface area contributed by atoms with Gasteiger partial charge in [0.15, 0.2) is 0 Å². The van der Waals surface area contributed by atoms with Crippen LogP contribution < -0.4 is 0 Å². The third-order valence-electron chi connectivity index (χ3n) is 3.93. The lowest BCUT2D eigenvalue weighted by molar-refractivity contribution is 0.190. The van der Waals surface area contributed by atoms with E-state index < -0.39 is 0 Å². The lowest BCUT2D eigenvalue weighted by Gasteiger charge is -2.32. The summed E-state index contributed by atoms with van der Waals surface area (Å²) < 4.78 is 1.95. The number of aliphatic hydroxyl groups is 1. The second kappa shape index (κ2) is 4.63. The Labute approximate surface area is 106 Å². The zero-order chi connectivity index (χ0) is 11.8. The minimum absolute atomic E-state index is 0.0659. The van der Waals surface area contributed by atoms with E-state index >= 15 is 0 Å². The SMILES string of the molecule is Cn1nc(CO)c2c1CCN([C@@H]1CCSC1)C2. The molecule has 0 spiro atoms. The fourth-order valence-electron chi connectivity index (χ4n) is 2.94. The number of rotatable bonds is 2. The predicted octanol–water partition coefficient (Wildman–Crippen LogP) is 0.776. The van der Waals surface area contributed by atoms with Crippen molar-refractivity contribution < 1.29 is 5.11 Å². The van der Waals surface area contributed by atoms with Gasteiger partial charge in [-0.15, -0.1) is 0 Å². The summed E-state index contributed by atoms with van der Waals surface area (Å²) in [4.78, 5) is 2.57. The van der Waals surface area contributed by atoms with Crippen molar-refractivity contribution in [3.05, 3.63) is 17.0 Å². The molecular formula is C12H19N3OS. The van der Waals surface area contributed by atoms with Crippen LogP contribution in [0.1, 0.15) is 23.4 Å². The highest BCUT2D eigenvalue weighted by Crippen LogP contribution is 2.28. The van der Waals surface area contributed by atoms with Gasteiger partial charge in [-0.2, -0.15) is 16.9 Å². The smallest absolute Gasteiger partial charge is 0.0926 e. The van der Waals surface area contributed by atoms with Crippen molar-refractivity contribution in [2.24, 2.45) is 7.05 Å². The third-order valence-corrected chi connectivity index (χ3v) is 5.07. The van der Waals surface area contributed by atoms with Crippen molar-refractivity contribution in [3.8, 4) is 0 Å². The summed E-state index contributed by atoms with van der Waals surface area (Å²) in [5.74, 6) is 2.57. The van der Waals surface area contributed by atoms with Crippen molar-refractivity contribution in [1.29, 1.82) is 0 Å². The van der Waals surface area contributed by atoms with E-state index in [0.29, 0.717) is 0 Å².